The van der Waals surface area contributed by atoms with E-state index in [4.69, 9.17) is 4.42 Å². The van der Waals surface area contributed by atoms with E-state index in [9.17, 15) is 0 Å². The van der Waals surface area contributed by atoms with Gasteiger partial charge in [-0.2, -0.15) is 5.10 Å². The number of hydrogen-bond donors (Lipinski definition) is 0. The van der Waals surface area contributed by atoms with E-state index < -0.39 is 0 Å². The second-order valence-electron chi connectivity index (χ2n) is 4.49. The van der Waals surface area contributed by atoms with Crippen LogP contribution < -0.4 is 0 Å². The Morgan fingerprint density at radius 3 is 2.50 bits per heavy atom. The highest BCUT2D eigenvalue weighted by Crippen LogP contribution is 2.27. The van der Waals surface area contributed by atoms with Crippen molar-refractivity contribution in [2.45, 2.75) is 39.7 Å². The van der Waals surface area contributed by atoms with Gasteiger partial charge in [-0.25, -0.2) is 4.98 Å². The van der Waals surface area contributed by atoms with Crippen molar-refractivity contribution in [2.24, 2.45) is 0 Å². The van der Waals surface area contributed by atoms with Crippen molar-refractivity contribution in [3.63, 3.8) is 0 Å². The molecule has 0 fully saturated rings. The number of rotatable bonds is 3. The summed E-state index contributed by atoms with van der Waals surface area (Å²) in [6.07, 6.45) is 5.25. The average molecular weight is 219 g/mol. The van der Waals surface area contributed by atoms with E-state index in [2.05, 4.69) is 37.8 Å². The van der Waals surface area contributed by atoms with Crippen LogP contribution in [0.3, 0.4) is 0 Å². The molecule has 0 amide bonds. The Balaban J connectivity index is 2.50. The highest BCUT2D eigenvalue weighted by molar-refractivity contribution is 5.56. The molecule has 0 bridgehead atoms. The monoisotopic (exact) mass is 219 g/mol. The zero-order valence-electron chi connectivity index (χ0n) is 10.1. The van der Waals surface area contributed by atoms with Gasteiger partial charge in [0, 0.05) is 12.2 Å². The molecule has 0 saturated carbocycles. The average Bonchev–Trinajstić information content (AvgIpc) is 2.86. The molecule has 4 nitrogen and oxygen atoms in total. The molecule has 0 aromatic carbocycles. The Bertz CT molecular complexity index is 455. The zero-order chi connectivity index (χ0) is 11.7. The summed E-state index contributed by atoms with van der Waals surface area (Å²) in [5.41, 5.74) is 2.03. The van der Waals surface area contributed by atoms with Gasteiger partial charge in [-0.15, -0.1) is 0 Å². The summed E-state index contributed by atoms with van der Waals surface area (Å²) in [7, 11) is 0. The van der Waals surface area contributed by atoms with Crippen molar-refractivity contribution in [3.05, 3.63) is 24.4 Å². The first-order chi connectivity index (χ1) is 7.59. The standard InChI is InChI=1S/C12H17N3O/c1-8(2)11-10(12-13-5-6-16-12)7-15(14-11)9(3)4/h5-9H,1-4H3. The second-order valence-corrected chi connectivity index (χ2v) is 4.49. The molecule has 86 valence electrons. The van der Waals surface area contributed by atoms with Gasteiger partial charge in [-0.05, 0) is 19.8 Å². The lowest BCUT2D eigenvalue weighted by Crippen LogP contribution is -2.02. The van der Waals surface area contributed by atoms with E-state index in [-0.39, 0.29) is 0 Å². The number of aromatic nitrogens is 3. The van der Waals surface area contributed by atoms with Crippen LogP contribution in [0.4, 0.5) is 0 Å². The number of nitrogens with zero attached hydrogens (tertiary/aromatic N) is 3. The van der Waals surface area contributed by atoms with E-state index in [0.29, 0.717) is 17.9 Å². The molecule has 0 atom stereocenters. The fraction of sp³-hybridized carbons (Fsp3) is 0.500. The maximum Gasteiger partial charge on any atom is 0.229 e. The van der Waals surface area contributed by atoms with Gasteiger partial charge in [-0.3, -0.25) is 4.68 Å². The van der Waals surface area contributed by atoms with Gasteiger partial charge in [-0.1, -0.05) is 13.8 Å². The van der Waals surface area contributed by atoms with Crippen LogP contribution in [-0.2, 0) is 0 Å². The molecule has 0 saturated heterocycles. The van der Waals surface area contributed by atoms with Gasteiger partial charge in [0.15, 0.2) is 0 Å². The fourth-order valence-electron chi connectivity index (χ4n) is 1.62. The summed E-state index contributed by atoms with van der Waals surface area (Å²) in [5, 5.41) is 4.58. The van der Waals surface area contributed by atoms with E-state index in [0.717, 1.165) is 11.3 Å². The first-order valence-electron chi connectivity index (χ1n) is 5.58. The van der Waals surface area contributed by atoms with Crippen molar-refractivity contribution in [3.8, 4) is 11.5 Å². The minimum absolute atomic E-state index is 0.348. The van der Waals surface area contributed by atoms with Crippen LogP contribution >= 0.6 is 0 Å². The van der Waals surface area contributed by atoms with Crippen LogP contribution in [0.5, 0.6) is 0 Å². The molecule has 2 rings (SSSR count). The minimum atomic E-state index is 0.348. The molecular formula is C12H17N3O. The highest BCUT2D eigenvalue weighted by Gasteiger charge is 2.17. The molecule has 0 aliphatic carbocycles. The Labute approximate surface area is 95.3 Å². The summed E-state index contributed by atoms with van der Waals surface area (Å²) in [5.74, 6) is 1.01. The largest absolute Gasteiger partial charge is 0.444 e. The third kappa shape index (κ3) is 1.87. The highest BCUT2D eigenvalue weighted by atomic mass is 16.3. The Hall–Kier alpha value is -1.58. The second kappa shape index (κ2) is 4.12. The topological polar surface area (TPSA) is 43.9 Å². The van der Waals surface area contributed by atoms with Crippen LogP contribution in [0.15, 0.2) is 23.1 Å². The predicted molar refractivity (Wildman–Crippen MR) is 62.2 cm³/mol. The Kier molecular flexibility index (Phi) is 2.81. The van der Waals surface area contributed by atoms with E-state index in [1.54, 1.807) is 12.5 Å². The summed E-state index contributed by atoms with van der Waals surface area (Å²) in [4.78, 5) is 4.18. The van der Waals surface area contributed by atoms with Crippen molar-refractivity contribution >= 4 is 0 Å². The lowest BCUT2D eigenvalue weighted by Gasteiger charge is -2.04. The van der Waals surface area contributed by atoms with Crippen LogP contribution in [0.1, 0.15) is 45.3 Å². The molecule has 0 spiro atoms. The SMILES string of the molecule is CC(C)c1nn(C(C)C)cc1-c1ncco1. The first kappa shape index (κ1) is 10.9. The van der Waals surface area contributed by atoms with Gasteiger partial charge >= 0.3 is 0 Å². The van der Waals surface area contributed by atoms with E-state index in [1.807, 2.05) is 10.9 Å². The summed E-state index contributed by atoms with van der Waals surface area (Å²) in [6.45, 7) is 8.46. The molecule has 0 radical (unpaired) electrons. The molecule has 0 aliphatic heterocycles. The summed E-state index contributed by atoms with van der Waals surface area (Å²) in [6, 6.07) is 0.348. The predicted octanol–water partition coefficient (Wildman–Crippen LogP) is 3.24. The third-order valence-corrected chi connectivity index (χ3v) is 2.50. The van der Waals surface area contributed by atoms with Gasteiger partial charge in [0.05, 0.1) is 17.5 Å². The van der Waals surface area contributed by atoms with Gasteiger partial charge in [0.2, 0.25) is 5.89 Å². The van der Waals surface area contributed by atoms with Crippen LogP contribution in [-0.4, -0.2) is 14.8 Å². The third-order valence-electron chi connectivity index (χ3n) is 2.50. The Morgan fingerprint density at radius 2 is 2.00 bits per heavy atom. The minimum Gasteiger partial charge on any atom is -0.444 e. The maximum absolute atomic E-state index is 5.34. The normalized spacial score (nSPS) is 11.6. The fourth-order valence-corrected chi connectivity index (χ4v) is 1.62. The summed E-state index contributed by atoms with van der Waals surface area (Å²) >= 11 is 0. The van der Waals surface area contributed by atoms with Gasteiger partial charge in [0.25, 0.3) is 0 Å². The molecule has 2 aromatic heterocycles. The van der Waals surface area contributed by atoms with Crippen molar-refractivity contribution in [1.29, 1.82) is 0 Å². The van der Waals surface area contributed by atoms with Gasteiger partial charge in [0.1, 0.15) is 6.26 Å². The zero-order valence-corrected chi connectivity index (χ0v) is 10.1. The maximum atomic E-state index is 5.34. The van der Waals surface area contributed by atoms with Crippen molar-refractivity contribution in [1.82, 2.24) is 14.8 Å². The van der Waals surface area contributed by atoms with Crippen molar-refractivity contribution < 1.29 is 4.42 Å². The molecule has 0 N–H and O–H groups in total. The Morgan fingerprint density at radius 1 is 1.25 bits per heavy atom. The lowest BCUT2D eigenvalue weighted by atomic mass is 10.1. The molecule has 16 heavy (non-hydrogen) atoms. The van der Waals surface area contributed by atoms with Crippen molar-refractivity contribution in [2.75, 3.05) is 0 Å². The molecule has 0 aliphatic rings. The van der Waals surface area contributed by atoms with E-state index >= 15 is 0 Å². The quantitative estimate of drug-likeness (QED) is 0.796. The lowest BCUT2D eigenvalue weighted by molar-refractivity contribution is 0.523. The molecule has 4 heteroatoms. The number of oxazole rings is 1. The van der Waals surface area contributed by atoms with Crippen LogP contribution in [0.25, 0.3) is 11.5 Å². The number of hydrogen-bond acceptors (Lipinski definition) is 3. The molecule has 2 heterocycles. The summed E-state index contributed by atoms with van der Waals surface area (Å²) < 4.78 is 7.29. The molecular weight excluding hydrogens is 202 g/mol. The van der Waals surface area contributed by atoms with Gasteiger partial charge < -0.3 is 4.42 Å². The smallest absolute Gasteiger partial charge is 0.229 e. The van der Waals surface area contributed by atoms with Crippen LogP contribution in [0, 0.1) is 0 Å². The molecule has 2 aromatic rings. The molecule has 0 unspecified atom stereocenters. The van der Waals surface area contributed by atoms with Crippen LogP contribution in [0.2, 0.25) is 0 Å². The van der Waals surface area contributed by atoms with E-state index in [1.165, 1.54) is 0 Å². The first-order valence-corrected chi connectivity index (χ1v) is 5.58.